The van der Waals surface area contributed by atoms with E-state index in [-0.39, 0.29) is 5.88 Å². The number of halogens is 1. The van der Waals surface area contributed by atoms with E-state index in [2.05, 4.69) is 22.1 Å². The van der Waals surface area contributed by atoms with E-state index >= 15 is 0 Å². The van der Waals surface area contributed by atoms with Crippen LogP contribution in [0.15, 0.2) is 52.7 Å². The lowest BCUT2D eigenvalue weighted by Crippen LogP contribution is -1.80. The number of H-pyrrole nitrogens is 1. The molecule has 2 N–H and O–H groups in total. The summed E-state index contributed by atoms with van der Waals surface area (Å²) in [5.41, 5.74) is 3.17. The summed E-state index contributed by atoms with van der Waals surface area (Å²) in [6, 6.07) is 12.9. The number of benzene rings is 2. The van der Waals surface area contributed by atoms with Crippen LogP contribution in [0.5, 0.6) is 5.88 Å². The molecule has 0 saturated carbocycles. The molecule has 0 fully saturated rings. The molecule has 1 heterocycles. The zero-order valence-corrected chi connectivity index (χ0v) is 12.2. The summed E-state index contributed by atoms with van der Waals surface area (Å²) >= 11 is 5.83. The average molecular weight is 300 g/mol. The molecule has 3 aromatic rings. The van der Waals surface area contributed by atoms with Gasteiger partial charge in [-0.1, -0.05) is 36.7 Å². The number of fused-ring (bicyclic) bond motifs is 1. The van der Waals surface area contributed by atoms with Crippen LogP contribution in [0.4, 0.5) is 11.4 Å². The van der Waals surface area contributed by atoms with E-state index < -0.39 is 0 Å². The highest BCUT2D eigenvalue weighted by molar-refractivity contribution is 6.30. The van der Waals surface area contributed by atoms with Crippen molar-refractivity contribution in [2.24, 2.45) is 10.2 Å². The van der Waals surface area contributed by atoms with Gasteiger partial charge in [-0.15, -0.1) is 5.11 Å². The Morgan fingerprint density at radius 3 is 2.57 bits per heavy atom. The molecule has 0 unspecified atom stereocenters. The molecule has 21 heavy (non-hydrogen) atoms. The van der Waals surface area contributed by atoms with E-state index in [1.807, 2.05) is 18.2 Å². The highest BCUT2D eigenvalue weighted by atomic mass is 35.5. The standard InChI is InChI=1S/C16H14ClN3O/c1-2-10-4-3-5-13-14(10)18-16(21)15(13)20-19-12-8-6-11(17)7-9-12/h3-9,18,21H,2H2,1H3. The number of rotatable bonds is 3. The Bertz CT molecular complexity index is 806. The van der Waals surface area contributed by atoms with Crippen LogP contribution in [0, 0.1) is 0 Å². The quantitative estimate of drug-likeness (QED) is 0.616. The fourth-order valence-electron chi connectivity index (χ4n) is 2.26. The topological polar surface area (TPSA) is 60.7 Å². The van der Waals surface area contributed by atoms with Crippen molar-refractivity contribution in [3.05, 3.63) is 53.1 Å². The third kappa shape index (κ3) is 2.62. The van der Waals surface area contributed by atoms with Gasteiger partial charge in [0.2, 0.25) is 5.88 Å². The molecule has 0 bridgehead atoms. The molecule has 0 aliphatic carbocycles. The smallest absolute Gasteiger partial charge is 0.218 e. The average Bonchev–Trinajstić information content (AvgIpc) is 2.82. The van der Waals surface area contributed by atoms with Crippen molar-refractivity contribution in [1.82, 2.24) is 4.98 Å². The van der Waals surface area contributed by atoms with Crippen LogP contribution in [0.2, 0.25) is 5.02 Å². The second-order valence-corrected chi connectivity index (χ2v) is 5.13. The SMILES string of the molecule is CCc1cccc2c(N=Nc3ccc(Cl)cc3)c(O)[nH]c12. The third-order valence-electron chi connectivity index (χ3n) is 3.35. The number of aryl methyl sites for hydroxylation is 1. The van der Waals surface area contributed by atoms with Crippen LogP contribution in [0.25, 0.3) is 10.9 Å². The minimum absolute atomic E-state index is 0.0311. The molecule has 0 aliphatic heterocycles. The van der Waals surface area contributed by atoms with E-state index in [4.69, 9.17) is 11.6 Å². The van der Waals surface area contributed by atoms with Gasteiger partial charge in [0, 0.05) is 10.4 Å². The highest BCUT2D eigenvalue weighted by Crippen LogP contribution is 2.37. The largest absolute Gasteiger partial charge is 0.493 e. The first kappa shape index (κ1) is 13.6. The van der Waals surface area contributed by atoms with Crippen molar-refractivity contribution in [2.45, 2.75) is 13.3 Å². The van der Waals surface area contributed by atoms with Crippen molar-refractivity contribution in [1.29, 1.82) is 0 Å². The van der Waals surface area contributed by atoms with Gasteiger partial charge in [0.15, 0.2) is 5.69 Å². The maximum atomic E-state index is 10.0. The molecule has 3 rings (SSSR count). The van der Waals surface area contributed by atoms with E-state index in [9.17, 15) is 5.11 Å². The summed E-state index contributed by atoms with van der Waals surface area (Å²) in [7, 11) is 0. The van der Waals surface area contributed by atoms with E-state index in [0.717, 1.165) is 22.9 Å². The maximum Gasteiger partial charge on any atom is 0.218 e. The van der Waals surface area contributed by atoms with Crippen LogP contribution < -0.4 is 0 Å². The van der Waals surface area contributed by atoms with Crippen molar-refractivity contribution in [3.63, 3.8) is 0 Å². The van der Waals surface area contributed by atoms with Crippen molar-refractivity contribution in [2.75, 3.05) is 0 Å². The van der Waals surface area contributed by atoms with Gasteiger partial charge < -0.3 is 10.1 Å². The fraction of sp³-hybridized carbons (Fsp3) is 0.125. The molecule has 1 aromatic heterocycles. The Morgan fingerprint density at radius 2 is 1.86 bits per heavy atom. The van der Waals surface area contributed by atoms with E-state index in [0.29, 0.717) is 16.4 Å². The van der Waals surface area contributed by atoms with Gasteiger partial charge in [0.05, 0.1) is 11.2 Å². The van der Waals surface area contributed by atoms with Crippen LogP contribution >= 0.6 is 11.6 Å². The Morgan fingerprint density at radius 1 is 1.10 bits per heavy atom. The molecule has 2 aromatic carbocycles. The summed E-state index contributed by atoms with van der Waals surface area (Å²) < 4.78 is 0. The molecular formula is C16H14ClN3O. The number of nitrogens with zero attached hydrogens (tertiary/aromatic N) is 2. The first-order valence-electron chi connectivity index (χ1n) is 6.69. The molecule has 0 saturated heterocycles. The van der Waals surface area contributed by atoms with Crippen LogP contribution in [0.1, 0.15) is 12.5 Å². The zero-order chi connectivity index (χ0) is 14.8. The third-order valence-corrected chi connectivity index (χ3v) is 3.60. The van der Waals surface area contributed by atoms with Gasteiger partial charge in [-0.2, -0.15) is 5.11 Å². The predicted octanol–water partition coefficient (Wildman–Crippen LogP) is 5.50. The molecule has 106 valence electrons. The number of hydrogen-bond acceptors (Lipinski definition) is 3. The van der Waals surface area contributed by atoms with Gasteiger partial charge >= 0.3 is 0 Å². The Balaban J connectivity index is 2.04. The maximum absolute atomic E-state index is 10.0. The van der Waals surface area contributed by atoms with Crippen LogP contribution in [0.3, 0.4) is 0 Å². The number of aromatic nitrogens is 1. The van der Waals surface area contributed by atoms with Gasteiger partial charge in [0.1, 0.15) is 0 Å². The fourth-order valence-corrected chi connectivity index (χ4v) is 2.39. The normalized spacial score (nSPS) is 11.5. The van der Waals surface area contributed by atoms with E-state index in [1.54, 1.807) is 24.3 Å². The van der Waals surface area contributed by atoms with Crippen molar-refractivity contribution in [3.8, 4) is 5.88 Å². The second kappa shape index (κ2) is 5.58. The monoisotopic (exact) mass is 299 g/mol. The lowest BCUT2D eigenvalue weighted by molar-refractivity contribution is 0.459. The molecule has 0 radical (unpaired) electrons. The number of azo groups is 1. The number of aromatic hydroxyl groups is 1. The lowest BCUT2D eigenvalue weighted by Gasteiger charge is -1.98. The first-order valence-corrected chi connectivity index (χ1v) is 7.06. The summed E-state index contributed by atoms with van der Waals surface area (Å²) in [6.45, 7) is 2.07. The summed E-state index contributed by atoms with van der Waals surface area (Å²) in [5, 5.41) is 19.9. The summed E-state index contributed by atoms with van der Waals surface area (Å²) in [5.74, 6) is 0.0311. The summed E-state index contributed by atoms with van der Waals surface area (Å²) in [6.07, 6.45) is 0.880. The highest BCUT2D eigenvalue weighted by Gasteiger charge is 2.12. The van der Waals surface area contributed by atoms with Crippen molar-refractivity contribution < 1.29 is 5.11 Å². The molecule has 0 atom stereocenters. The minimum atomic E-state index is 0.0311. The summed E-state index contributed by atoms with van der Waals surface area (Å²) in [4.78, 5) is 2.97. The molecule has 5 heteroatoms. The molecular weight excluding hydrogens is 286 g/mol. The minimum Gasteiger partial charge on any atom is -0.493 e. The first-order chi connectivity index (χ1) is 10.2. The number of hydrogen-bond donors (Lipinski definition) is 2. The van der Waals surface area contributed by atoms with Gasteiger partial charge in [-0.25, -0.2) is 0 Å². The predicted molar refractivity (Wildman–Crippen MR) is 85.0 cm³/mol. The van der Waals surface area contributed by atoms with Crippen molar-refractivity contribution >= 4 is 33.9 Å². The molecule has 0 aliphatic rings. The molecule has 0 amide bonds. The number of nitrogens with one attached hydrogen (secondary N) is 1. The van der Waals surface area contributed by atoms with Gasteiger partial charge in [0.25, 0.3) is 0 Å². The second-order valence-electron chi connectivity index (χ2n) is 4.69. The molecule has 0 spiro atoms. The van der Waals surface area contributed by atoms with Crippen LogP contribution in [-0.2, 0) is 6.42 Å². The van der Waals surface area contributed by atoms with Crippen LogP contribution in [-0.4, -0.2) is 10.1 Å². The Hall–Kier alpha value is -2.33. The zero-order valence-electron chi connectivity index (χ0n) is 11.5. The Labute approximate surface area is 127 Å². The van der Waals surface area contributed by atoms with E-state index in [1.165, 1.54) is 0 Å². The number of para-hydroxylation sites is 1. The molecule has 4 nitrogen and oxygen atoms in total. The number of aromatic amines is 1. The Kier molecular flexibility index (Phi) is 3.62. The van der Waals surface area contributed by atoms with Gasteiger partial charge in [-0.3, -0.25) is 0 Å². The lowest BCUT2D eigenvalue weighted by atomic mass is 10.1. The van der Waals surface area contributed by atoms with Gasteiger partial charge in [-0.05, 0) is 36.2 Å².